The Morgan fingerprint density at radius 3 is 2.77 bits per heavy atom. The Bertz CT molecular complexity index is 274. The highest BCUT2D eigenvalue weighted by Gasteiger charge is 2.02. The lowest BCUT2D eigenvalue weighted by atomic mass is 10.2. The number of nitrogens with one attached hydrogen (secondary N) is 1. The number of benzene rings is 1. The molecule has 0 aliphatic heterocycles. The molecule has 0 saturated heterocycles. The Hall–Kier alpha value is -0.960. The van der Waals surface area contributed by atoms with E-state index in [0.717, 1.165) is 25.1 Å². The van der Waals surface area contributed by atoms with Crippen LogP contribution in [0.5, 0.6) is 0 Å². The molecule has 72 valence electrons. The highest BCUT2D eigenvalue weighted by Crippen LogP contribution is 2.08. The minimum Gasteiger partial charge on any atom is -0.313 e. The van der Waals surface area contributed by atoms with E-state index < -0.39 is 5.82 Å². The van der Waals surface area contributed by atoms with Crippen LogP contribution >= 0.6 is 0 Å². The van der Waals surface area contributed by atoms with Crippen molar-refractivity contribution >= 4 is 0 Å². The second-order valence-electron chi connectivity index (χ2n) is 2.91. The zero-order valence-electron chi connectivity index (χ0n) is 7.61. The van der Waals surface area contributed by atoms with E-state index in [1.54, 1.807) is 0 Å². The summed E-state index contributed by atoms with van der Waals surface area (Å²) in [5.41, 5.74) is 0.383. The molecule has 0 aliphatic rings. The first kappa shape index (κ1) is 10.1. The van der Waals surface area contributed by atoms with Crippen LogP contribution in [0, 0.1) is 11.6 Å². The molecule has 0 heterocycles. The summed E-state index contributed by atoms with van der Waals surface area (Å²) in [5, 5.41) is 3.01. The first-order chi connectivity index (χ1) is 6.24. The molecule has 0 amide bonds. The van der Waals surface area contributed by atoms with E-state index in [2.05, 4.69) is 5.32 Å². The van der Waals surface area contributed by atoms with Gasteiger partial charge in [-0.25, -0.2) is 8.78 Å². The van der Waals surface area contributed by atoms with Crippen molar-refractivity contribution in [3.05, 3.63) is 35.4 Å². The zero-order chi connectivity index (χ0) is 9.68. The molecule has 1 aromatic carbocycles. The molecule has 1 aromatic rings. The van der Waals surface area contributed by atoms with Gasteiger partial charge in [0.2, 0.25) is 0 Å². The first-order valence-electron chi connectivity index (χ1n) is 4.38. The highest BCUT2D eigenvalue weighted by molar-refractivity contribution is 5.18. The molecule has 1 rings (SSSR count). The molecular formula is C10H13F2N. The minimum atomic E-state index is -0.394. The third kappa shape index (κ3) is 3.11. The normalized spacial score (nSPS) is 10.4. The van der Waals surface area contributed by atoms with Crippen LogP contribution in [0.4, 0.5) is 8.78 Å². The van der Waals surface area contributed by atoms with Crippen molar-refractivity contribution in [3.8, 4) is 0 Å². The fourth-order valence-corrected chi connectivity index (χ4v) is 1.08. The summed E-state index contributed by atoms with van der Waals surface area (Å²) in [6, 6.07) is 3.49. The van der Waals surface area contributed by atoms with Crippen LogP contribution in [-0.2, 0) is 6.54 Å². The van der Waals surface area contributed by atoms with Gasteiger partial charge in [-0.1, -0.05) is 6.92 Å². The van der Waals surface area contributed by atoms with Gasteiger partial charge in [0.15, 0.2) is 0 Å². The predicted molar refractivity (Wildman–Crippen MR) is 48.4 cm³/mol. The summed E-state index contributed by atoms with van der Waals surface area (Å²) in [6.45, 7) is 3.22. The van der Waals surface area contributed by atoms with Gasteiger partial charge in [0.25, 0.3) is 0 Å². The fourth-order valence-electron chi connectivity index (χ4n) is 1.08. The van der Waals surface area contributed by atoms with E-state index >= 15 is 0 Å². The van der Waals surface area contributed by atoms with Crippen LogP contribution in [0.1, 0.15) is 18.9 Å². The largest absolute Gasteiger partial charge is 0.313 e. The van der Waals surface area contributed by atoms with Crippen molar-refractivity contribution in [2.24, 2.45) is 0 Å². The maximum atomic E-state index is 13.0. The second kappa shape index (κ2) is 4.92. The average molecular weight is 185 g/mol. The Morgan fingerprint density at radius 2 is 2.08 bits per heavy atom. The summed E-state index contributed by atoms with van der Waals surface area (Å²) in [4.78, 5) is 0. The van der Waals surface area contributed by atoms with Crippen LogP contribution in [-0.4, -0.2) is 6.54 Å². The van der Waals surface area contributed by atoms with Crippen LogP contribution in [0.25, 0.3) is 0 Å². The van der Waals surface area contributed by atoms with Crippen molar-refractivity contribution in [2.75, 3.05) is 6.54 Å². The van der Waals surface area contributed by atoms with E-state index in [-0.39, 0.29) is 5.82 Å². The smallest absolute Gasteiger partial charge is 0.127 e. The van der Waals surface area contributed by atoms with Crippen LogP contribution in [0.15, 0.2) is 18.2 Å². The van der Waals surface area contributed by atoms with E-state index in [4.69, 9.17) is 0 Å². The summed E-state index contributed by atoms with van der Waals surface area (Å²) in [6.07, 6.45) is 0.983. The topological polar surface area (TPSA) is 12.0 Å². The van der Waals surface area contributed by atoms with Crippen molar-refractivity contribution < 1.29 is 8.78 Å². The van der Waals surface area contributed by atoms with E-state index in [9.17, 15) is 8.78 Å². The van der Waals surface area contributed by atoms with Gasteiger partial charge in [-0.05, 0) is 31.2 Å². The lowest BCUT2D eigenvalue weighted by Gasteiger charge is -2.04. The van der Waals surface area contributed by atoms with Gasteiger partial charge in [-0.15, -0.1) is 0 Å². The summed E-state index contributed by atoms with van der Waals surface area (Å²) >= 11 is 0. The molecule has 0 radical (unpaired) electrons. The molecule has 3 heteroatoms. The Kier molecular flexibility index (Phi) is 3.83. The lowest BCUT2D eigenvalue weighted by molar-refractivity contribution is 0.568. The van der Waals surface area contributed by atoms with Gasteiger partial charge in [0.05, 0.1) is 0 Å². The molecule has 0 saturated carbocycles. The maximum absolute atomic E-state index is 13.0. The lowest BCUT2D eigenvalue weighted by Crippen LogP contribution is -2.14. The van der Waals surface area contributed by atoms with Gasteiger partial charge in [-0.2, -0.15) is 0 Å². The number of rotatable bonds is 4. The van der Waals surface area contributed by atoms with Gasteiger partial charge in [-0.3, -0.25) is 0 Å². The summed E-state index contributed by atoms with van der Waals surface area (Å²) in [7, 11) is 0. The Morgan fingerprint density at radius 1 is 1.31 bits per heavy atom. The van der Waals surface area contributed by atoms with Gasteiger partial charge in [0.1, 0.15) is 11.6 Å². The van der Waals surface area contributed by atoms with Crippen molar-refractivity contribution in [2.45, 2.75) is 19.9 Å². The van der Waals surface area contributed by atoms with Gasteiger partial charge in [0, 0.05) is 12.1 Å². The monoisotopic (exact) mass is 185 g/mol. The molecular weight excluding hydrogens is 172 g/mol. The average Bonchev–Trinajstić information content (AvgIpc) is 2.11. The molecule has 1 nitrogen and oxygen atoms in total. The van der Waals surface area contributed by atoms with Gasteiger partial charge >= 0.3 is 0 Å². The molecule has 0 fully saturated rings. The van der Waals surface area contributed by atoms with E-state index in [0.29, 0.717) is 12.1 Å². The molecule has 0 aliphatic carbocycles. The molecule has 0 atom stereocenters. The molecule has 0 aromatic heterocycles. The Labute approximate surface area is 76.8 Å². The van der Waals surface area contributed by atoms with Crippen molar-refractivity contribution in [3.63, 3.8) is 0 Å². The molecule has 0 bridgehead atoms. The molecule has 0 unspecified atom stereocenters. The number of hydrogen-bond acceptors (Lipinski definition) is 1. The summed E-state index contributed by atoms with van der Waals surface area (Å²) in [5.74, 6) is -0.750. The molecule has 13 heavy (non-hydrogen) atoms. The molecule has 0 spiro atoms. The SMILES string of the molecule is CCCNCc1cc(F)ccc1F. The second-order valence-corrected chi connectivity index (χ2v) is 2.91. The highest BCUT2D eigenvalue weighted by atomic mass is 19.1. The maximum Gasteiger partial charge on any atom is 0.127 e. The number of halogens is 2. The summed E-state index contributed by atoms with van der Waals surface area (Å²) < 4.78 is 25.7. The minimum absolute atomic E-state index is 0.356. The third-order valence-electron chi connectivity index (χ3n) is 1.75. The quantitative estimate of drug-likeness (QED) is 0.710. The fraction of sp³-hybridized carbons (Fsp3) is 0.400. The van der Waals surface area contributed by atoms with E-state index in [1.807, 2.05) is 6.92 Å². The Balaban J connectivity index is 2.59. The zero-order valence-corrected chi connectivity index (χ0v) is 7.61. The first-order valence-corrected chi connectivity index (χ1v) is 4.38. The van der Waals surface area contributed by atoms with Crippen LogP contribution in [0.2, 0.25) is 0 Å². The van der Waals surface area contributed by atoms with Crippen molar-refractivity contribution in [1.29, 1.82) is 0 Å². The molecule has 1 N–H and O–H groups in total. The third-order valence-corrected chi connectivity index (χ3v) is 1.75. The van der Waals surface area contributed by atoms with Crippen molar-refractivity contribution in [1.82, 2.24) is 5.32 Å². The van der Waals surface area contributed by atoms with E-state index in [1.165, 1.54) is 6.07 Å². The van der Waals surface area contributed by atoms with Gasteiger partial charge < -0.3 is 5.32 Å². The standard InChI is InChI=1S/C10H13F2N/c1-2-5-13-7-8-6-9(11)3-4-10(8)12/h3-4,6,13H,2,5,7H2,1H3. The predicted octanol–water partition coefficient (Wildman–Crippen LogP) is 2.46. The van der Waals surface area contributed by atoms with Crippen LogP contribution < -0.4 is 5.32 Å². The van der Waals surface area contributed by atoms with Crippen LogP contribution in [0.3, 0.4) is 0 Å². The number of hydrogen-bond donors (Lipinski definition) is 1.